The fourth-order valence-electron chi connectivity index (χ4n) is 5.05. The van der Waals surface area contributed by atoms with Crippen molar-refractivity contribution in [2.24, 2.45) is 0 Å². The number of halogens is 2. The lowest BCUT2D eigenvalue weighted by atomic mass is 9.89. The fraction of sp³-hybridized carbons (Fsp3) is 0.367. The van der Waals surface area contributed by atoms with E-state index in [1.807, 2.05) is 60.4 Å². The van der Waals surface area contributed by atoms with E-state index in [1.165, 1.54) is 0 Å². The van der Waals surface area contributed by atoms with Crippen molar-refractivity contribution < 1.29 is 19.4 Å². The van der Waals surface area contributed by atoms with Gasteiger partial charge >= 0.3 is 5.97 Å². The van der Waals surface area contributed by atoms with E-state index < -0.39 is 30.6 Å². The summed E-state index contributed by atoms with van der Waals surface area (Å²) in [6, 6.07) is 19.7. The molecule has 2 aliphatic rings. The average molecular weight is 601 g/mol. The molecule has 1 aromatic heterocycles. The van der Waals surface area contributed by atoms with Crippen LogP contribution in [0.1, 0.15) is 55.9 Å². The van der Waals surface area contributed by atoms with E-state index in [9.17, 15) is 14.7 Å². The molecule has 7 nitrogen and oxygen atoms in total. The molecule has 10 heteroatoms. The monoisotopic (exact) mass is 599 g/mol. The lowest BCUT2D eigenvalue weighted by Crippen LogP contribution is -2.57. The molecule has 2 fully saturated rings. The number of amides is 1. The van der Waals surface area contributed by atoms with E-state index in [2.05, 4.69) is 9.29 Å². The highest BCUT2D eigenvalue weighted by molar-refractivity contribution is 8.01. The molecule has 1 aliphatic heterocycles. The summed E-state index contributed by atoms with van der Waals surface area (Å²) < 4.78 is 8.52. The highest BCUT2D eigenvalue weighted by Crippen LogP contribution is 2.45. The Hall–Kier alpha value is -2.78. The van der Waals surface area contributed by atoms with Crippen molar-refractivity contribution >= 4 is 52.8 Å². The van der Waals surface area contributed by atoms with Crippen LogP contribution in [-0.2, 0) is 14.3 Å². The lowest BCUT2D eigenvalue weighted by molar-refractivity contribution is -0.183. The van der Waals surface area contributed by atoms with E-state index in [0.717, 1.165) is 29.8 Å². The molecule has 0 spiro atoms. The Morgan fingerprint density at radius 3 is 2.50 bits per heavy atom. The van der Waals surface area contributed by atoms with Crippen molar-refractivity contribution in [1.29, 1.82) is 0 Å². The number of carboxylic acids is 1. The third-order valence-electron chi connectivity index (χ3n) is 7.12. The standard InChI is InChI=1S/C30H31Cl2N3O4S/c1-2-23(18-34(40-24-13-14-24)26-8-3-4-15-33-26)35-28(19-9-11-21(31)12-10-19)29(20-6-5-7-22(32)16-20)39-25(30(35)38)17-27(36)37/h3-12,15-16,23-25,28-29H,2,13-14,17-18H2,1H3,(H,36,37). The zero-order chi connectivity index (χ0) is 28.2. The van der Waals surface area contributed by atoms with E-state index in [0.29, 0.717) is 28.3 Å². The highest BCUT2D eigenvalue weighted by atomic mass is 35.5. The highest BCUT2D eigenvalue weighted by Gasteiger charge is 2.47. The van der Waals surface area contributed by atoms with Crippen LogP contribution in [0.15, 0.2) is 72.9 Å². The molecule has 1 saturated carbocycles. The summed E-state index contributed by atoms with van der Waals surface area (Å²) in [5, 5.41) is 11.3. The number of rotatable bonds is 11. The molecule has 1 aliphatic carbocycles. The van der Waals surface area contributed by atoms with Crippen LogP contribution in [0.2, 0.25) is 10.0 Å². The van der Waals surface area contributed by atoms with Crippen LogP contribution in [0.4, 0.5) is 5.82 Å². The largest absolute Gasteiger partial charge is 0.481 e. The van der Waals surface area contributed by atoms with Gasteiger partial charge in [-0.3, -0.25) is 13.9 Å². The maximum atomic E-state index is 14.2. The molecule has 0 radical (unpaired) electrons. The molecule has 0 bridgehead atoms. The molecular formula is C30H31Cl2N3O4S. The molecular weight excluding hydrogens is 569 g/mol. The number of aromatic nitrogens is 1. The molecule has 4 atom stereocenters. The first-order valence-corrected chi connectivity index (χ1v) is 15.0. The van der Waals surface area contributed by atoms with Crippen molar-refractivity contribution in [3.05, 3.63) is 94.1 Å². The Morgan fingerprint density at radius 2 is 1.88 bits per heavy atom. The van der Waals surface area contributed by atoms with Gasteiger partial charge in [0.15, 0.2) is 0 Å². The normalized spacial score (nSPS) is 21.7. The number of carbonyl (C=O) groups is 2. The average Bonchev–Trinajstić information content (AvgIpc) is 3.77. The lowest BCUT2D eigenvalue weighted by Gasteiger charge is -2.48. The van der Waals surface area contributed by atoms with Crippen LogP contribution in [0, 0.1) is 0 Å². The number of ether oxygens (including phenoxy) is 1. The zero-order valence-electron chi connectivity index (χ0n) is 22.0. The number of carboxylic acid groups (broad SMARTS) is 1. The van der Waals surface area contributed by atoms with Crippen LogP contribution >= 0.6 is 35.1 Å². The number of carbonyl (C=O) groups excluding carboxylic acids is 1. The first-order chi connectivity index (χ1) is 19.3. The number of hydrogen-bond acceptors (Lipinski definition) is 6. The van der Waals surface area contributed by atoms with Crippen LogP contribution in [0.3, 0.4) is 0 Å². The van der Waals surface area contributed by atoms with Gasteiger partial charge in [-0.1, -0.05) is 60.5 Å². The molecule has 4 unspecified atom stereocenters. The SMILES string of the molecule is CCC(CN(SC1CC1)c1ccccn1)N1C(=O)C(CC(=O)O)OC(c2cccc(Cl)c2)C1c1ccc(Cl)cc1. The number of morpholine rings is 1. The van der Waals surface area contributed by atoms with Gasteiger partial charge in [-0.25, -0.2) is 4.98 Å². The minimum Gasteiger partial charge on any atom is -0.481 e. The fourth-order valence-corrected chi connectivity index (χ4v) is 6.56. The van der Waals surface area contributed by atoms with Gasteiger partial charge in [-0.05, 0) is 78.7 Å². The minimum atomic E-state index is -1.14. The predicted octanol–water partition coefficient (Wildman–Crippen LogP) is 6.97. The molecule has 210 valence electrons. The van der Waals surface area contributed by atoms with E-state index in [-0.39, 0.29) is 11.9 Å². The number of nitrogens with zero attached hydrogens (tertiary/aromatic N) is 3. The second kappa shape index (κ2) is 12.8. The van der Waals surface area contributed by atoms with Crippen molar-refractivity contribution in [2.75, 3.05) is 10.8 Å². The summed E-state index contributed by atoms with van der Waals surface area (Å²) >= 11 is 14.4. The Kier molecular flexibility index (Phi) is 9.20. The Bertz CT molecular complexity index is 1330. The molecule has 40 heavy (non-hydrogen) atoms. The maximum Gasteiger partial charge on any atom is 0.306 e. The van der Waals surface area contributed by atoms with E-state index in [4.69, 9.17) is 27.9 Å². The smallest absolute Gasteiger partial charge is 0.306 e. The second-order valence-electron chi connectivity index (χ2n) is 10.1. The number of aliphatic carboxylic acids is 1. The minimum absolute atomic E-state index is 0.261. The van der Waals surface area contributed by atoms with Crippen molar-refractivity contribution in [3.8, 4) is 0 Å². The zero-order valence-corrected chi connectivity index (χ0v) is 24.4. The first-order valence-electron chi connectivity index (χ1n) is 13.4. The van der Waals surface area contributed by atoms with Gasteiger partial charge in [-0.15, -0.1) is 0 Å². The van der Waals surface area contributed by atoms with Gasteiger partial charge in [0.05, 0.1) is 25.0 Å². The molecule has 1 amide bonds. The maximum absolute atomic E-state index is 14.2. The first kappa shape index (κ1) is 28.7. The Morgan fingerprint density at radius 1 is 1.10 bits per heavy atom. The third kappa shape index (κ3) is 6.74. The van der Waals surface area contributed by atoms with Gasteiger partial charge in [0.1, 0.15) is 18.0 Å². The van der Waals surface area contributed by atoms with Gasteiger partial charge in [0.2, 0.25) is 0 Å². The summed E-state index contributed by atoms with van der Waals surface area (Å²) in [6.07, 6.45) is 2.49. The van der Waals surface area contributed by atoms with Gasteiger partial charge < -0.3 is 14.7 Å². The van der Waals surface area contributed by atoms with Crippen molar-refractivity contribution in [3.63, 3.8) is 0 Å². The summed E-state index contributed by atoms with van der Waals surface area (Å²) in [5.41, 5.74) is 1.61. The molecule has 5 rings (SSSR count). The summed E-state index contributed by atoms with van der Waals surface area (Å²) in [6.45, 7) is 2.57. The number of hydrogen-bond donors (Lipinski definition) is 1. The second-order valence-corrected chi connectivity index (χ2v) is 12.2. The van der Waals surface area contributed by atoms with Crippen LogP contribution in [0.5, 0.6) is 0 Å². The molecule has 3 aromatic rings. The van der Waals surface area contributed by atoms with Crippen LogP contribution in [0.25, 0.3) is 0 Å². The van der Waals surface area contributed by atoms with E-state index in [1.54, 1.807) is 36.3 Å². The Labute approximate surface area is 248 Å². The molecule has 1 N–H and O–H groups in total. The van der Waals surface area contributed by atoms with Gasteiger partial charge in [-0.2, -0.15) is 0 Å². The van der Waals surface area contributed by atoms with Crippen LogP contribution in [-0.4, -0.2) is 50.8 Å². The number of benzene rings is 2. The third-order valence-corrected chi connectivity index (χ3v) is 8.97. The van der Waals surface area contributed by atoms with Gasteiger partial charge in [0, 0.05) is 21.5 Å². The summed E-state index contributed by atoms with van der Waals surface area (Å²) in [4.78, 5) is 32.4. The van der Waals surface area contributed by atoms with Crippen LogP contribution < -0.4 is 4.31 Å². The molecule has 2 heterocycles. The number of pyridine rings is 1. The molecule has 1 saturated heterocycles. The van der Waals surface area contributed by atoms with Crippen molar-refractivity contribution in [2.45, 2.75) is 62.1 Å². The topological polar surface area (TPSA) is 83.0 Å². The van der Waals surface area contributed by atoms with Gasteiger partial charge in [0.25, 0.3) is 5.91 Å². The number of anilines is 1. The summed E-state index contributed by atoms with van der Waals surface area (Å²) in [7, 11) is 0. The summed E-state index contributed by atoms with van der Waals surface area (Å²) in [5.74, 6) is -0.611. The Balaban J connectivity index is 1.59. The van der Waals surface area contributed by atoms with E-state index >= 15 is 0 Å². The quantitative estimate of drug-likeness (QED) is 0.238. The molecule has 2 aromatic carbocycles. The predicted molar refractivity (Wildman–Crippen MR) is 159 cm³/mol. The van der Waals surface area contributed by atoms with Crippen molar-refractivity contribution in [1.82, 2.24) is 9.88 Å².